The summed E-state index contributed by atoms with van der Waals surface area (Å²) in [7, 11) is 1.53. The molecule has 2 aromatic carbocycles. The Morgan fingerprint density at radius 1 is 0.815 bits per heavy atom. The van der Waals surface area contributed by atoms with Crippen molar-refractivity contribution in [1.29, 1.82) is 0 Å². The Balaban J connectivity index is 1.76. The van der Waals surface area contributed by atoms with Gasteiger partial charge in [0.1, 0.15) is 0 Å². The highest BCUT2D eigenvalue weighted by Crippen LogP contribution is 2.18. The van der Waals surface area contributed by atoms with Gasteiger partial charge in [0, 0.05) is 18.3 Å². The van der Waals surface area contributed by atoms with Crippen molar-refractivity contribution < 1.29 is 14.4 Å². The number of hydrogen-bond acceptors (Lipinski definition) is 4. The molecule has 3 rings (SSSR count). The van der Waals surface area contributed by atoms with E-state index in [1.807, 2.05) is 5.38 Å². The number of thiophene rings is 1. The highest BCUT2D eigenvalue weighted by atomic mass is 32.1. The van der Waals surface area contributed by atoms with Gasteiger partial charge in [-0.2, -0.15) is 0 Å². The number of rotatable bonds is 5. The van der Waals surface area contributed by atoms with E-state index < -0.39 is 0 Å². The first-order valence-corrected chi connectivity index (χ1v) is 9.04. The molecule has 3 N–H and O–H groups in total. The van der Waals surface area contributed by atoms with Gasteiger partial charge in [0.25, 0.3) is 17.7 Å². The van der Waals surface area contributed by atoms with Gasteiger partial charge in [-0.25, -0.2) is 0 Å². The number of carbonyl (C=O) groups excluding carboxylic acids is 3. The molecule has 0 radical (unpaired) electrons. The molecule has 1 heterocycles. The molecule has 7 heteroatoms. The van der Waals surface area contributed by atoms with Crippen LogP contribution in [-0.2, 0) is 0 Å². The summed E-state index contributed by atoms with van der Waals surface area (Å²) in [6.07, 6.45) is 0. The summed E-state index contributed by atoms with van der Waals surface area (Å²) in [6.45, 7) is 0. The van der Waals surface area contributed by atoms with Crippen LogP contribution in [0.4, 0.5) is 11.4 Å². The Labute approximate surface area is 160 Å². The number of anilines is 2. The minimum absolute atomic E-state index is 0.229. The molecule has 0 saturated heterocycles. The average molecular weight is 379 g/mol. The van der Waals surface area contributed by atoms with E-state index in [0.717, 1.165) is 0 Å². The lowest BCUT2D eigenvalue weighted by Crippen LogP contribution is -2.21. The lowest BCUT2D eigenvalue weighted by molar-refractivity contribution is 0.0963. The van der Waals surface area contributed by atoms with Gasteiger partial charge in [-0.3, -0.25) is 14.4 Å². The van der Waals surface area contributed by atoms with E-state index in [4.69, 9.17) is 0 Å². The van der Waals surface area contributed by atoms with Gasteiger partial charge in [-0.15, -0.1) is 11.3 Å². The summed E-state index contributed by atoms with van der Waals surface area (Å²) >= 11 is 1.34. The van der Waals surface area contributed by atoms with Crippen LogP contribution in [0.3, 0.4) is 0 Å². The Hall–Kier alpha value is -3.45. The van der Waals surface area contributed by atoms with E-state index in [1.165, 1.54) is 18.4 Å². The van der Waals surface area contributed by atoms with Gasteiger partial charge >= 0.3 is 0 Å². The van der Waals surface area contributed by atoms with Crippen LogP contribution in [0.2, 0.25) is 0 Å². The topological polar surface area (TPSA) is 87.3 Å². The summed E-state index contributed by atoms with van der Waals surface area (Å²) in [4.78, 5) is 37.3. The van der Waals surface area contributed by atoms with E-state index in [9.17, 15) is 14.4 Å². The van der Waals surface area contributed by atoms with Crippen LogP contribution in [0.1, 0.15) is 30.4 Å². The molecule has 0 aliphatic rings. The van der Waals surface area contributed by atoms with Crippen LogP contribution in [0, 0.1) is 0 Å². The lowest BCUT2D eigenvalue weighted by Gasteiger charge is -2.11. The van der Waals surface area contributed by atoms with Gasteiger partial charge in [-0.05, 0) is 41.8 Å². The molecule has 0 aliphatic carbocycles. The molecule has 0 fully saturated rings. The summed E-state index contributed by atoms with van der Waals surface area (Å²) in [5.41, 5.74) is 1.66. The SMILES string of the molecule is CNC(=O)c1ccccc1NC(=O)c1cccc(NC(=O)c2cccs2)c1. The van der Waals surface area contributed by atoms with Gasteiger partial charge in [0.15, 0.2) is 0 Å². The molecule has 6 nitrogen and oxygen atoms in total. The molecule has 0 spiro atoms. The molecule has 27 heavy (non-hydrogen) atoms. The van der Waals surface area contributed by atoms with Crippen LogP contribution in [-0.4, -0.2) is 24.8 Å². The molecule has 1 aromatic heterocycles. The molecular weight excluding hydrogens is 362 g/mol. The van der Waals surface area contributed by atoms with Crippen LogP contribution >= 0.6 is 11.3 Å². The predicted octanol–water partition coefficient (Wildman–Crippen LogP) is 3.61. The maximum absolute atomic E-state index is 12.6. The first-order chi connectivity index (χ1) is 13.1. The van der Waals surface area contributed by atoms with E-state index in [2.05, 4.69) is 16.0 Å². The zero-order valence-electron chi connectivity index (χ0n) is 14.5. The Bertz CT molecular complexity index is 984. The maximum Gasteiger partial charge on any atom is 0.265 e. The van der Waals surface area contributed by atoms with Crippen LogP contribution in [0.15, 0.2) is 66.0 Å². The van der Waals surface area contributed by atoms with Crippen molar-refractivity contribution in [2.45, 2.75) is 0 Å². The van der Waals surface area contributed by atoms with Crippen molar-refractivity contribution in [3.05, 3.63) is 82.0 Å². The third-order valence-electron chi connectivity index (χ3n) is 3.77. The second-order valence-electron chi connectivity index (χ2n) is 5.59. The third-order valence-corrected chi connectivity index (χ3v) is 4.64. The fourth-order valence-electron chi connectivity index (χ4n) is 2.46. The summed E-state index contributed by atoms with van der Waals surface area (Å²) in [6, 6.07) is 16.9. The Kier molecular flexibility index (Phi) is 5.63. The lowest BCUT2D eigenvalue weighted by atomic mass is 10.1. The second kappa shape index (κ2) is 8.29. The van der Waals surface area contributed by atoms with Gasteiger partial charge in [0.05, 0.1) is 16.1 Å². The van der Waals surface area contributed by atoms with Crippen LogP contribution < -0.4 is 16.0 Å². The van der Waals surface area contributed by atoms with E-state index in [-0.39, 0.29) is 17.7 Å². The van der Waals surface area contributed by atoms with Gasteiger partial charge < -0.3 is 16.0 Å². The number of carbonyl (C=O) groups is 3. The van der Waals surface area contributed by atoms with Crippen molar-refractivity contribution in [1.82, 2.24) is 5.32 Å². The fraction of sp³-hybridized carbons (Fsp3) is 0.0500. The summed E-state index contributed by atoms with van der Waals surface area (Å²) in [5.74, 6) is -0.894. The van der Waals surface area contributed by atoms with Crippen molar-refractivity contribution in [3.63, 3.8) is 0 Å². The summed E-state index contributed by atoms with van der Waals surface area (Å²) in [5, 5.41) is 9.87. The molecule has 3 amide bonds. The molecule has 0 unspecified atom stereocenters. The van der Waals surface area contributed by atoms with Crippen molar-refractivity contribution in [2.24, 2.45) is 0 Å². The molecule has 3 aromatic rings. The number of nitrogens with one attached hydrogen (secondary N) is 3. The first-order valence-electron chi connectivity index (χ1n) is 8.16. The maximum atomic E-state index is 12.6. The largest absolute Gasteiger partial charge is 0.355 e. The smallest absolute Gasteiger partial charge is 0.265 e. The highest BCUT2D eigenvalue weighted by molar-refractivity contribution is 7.12. The van der Waals surface area contributed by atoms with E-state index >= 15 is 0 Å². The fourth-order valence-corrected chi connectivity index (χ4v) is 3.08. The Morgan fingerprint density at radius 2 is 1.63 bits per heavy atom. The van der Waals surface area contributed by atoms with Crippen molar-refractivity contribution in [3.8, 4) is 0 Å². The monoisotopic (exact) mass is 379 g/mol. The van der Waals surface area contributed by atoms with Crippen LogP contribution in [0.25, 0.3) is 0 Å². The third kappa shape index (κ3) is 4.39. The minimum atomic E-state index is -0.376. The predicted molar refractivity (Wildman–Crippen MR) is 106 cm³/mol. The second-order valence-corrected chi connectivity index (χ2v) is 6.54. The van der Waals surface area contributed by atoms with E-state index in [1.54, 1.807) is 60.7 Å². The van der Waals surface area contributed by atoms with Gasteiger partial charge in [0.2, 0.25) is 0 Å². The highest BCUT2D eigenvalue weighted by Gasteiger charge is 2.14. The quantitative estimate of drug-likeness (QED) is 0.633. The van der Waals surface area contributed by atoms with Crippen molar-refractivity contribution in [2.75, 3.05) is 17.7 Å². The Morgan fingerprint density at radius 3 is 2.37 bits per heavy atom. The normalized spacial score (nSPS) is 10.1. The molecule has 0 bridgehead atoms. The summed E-state index contributed by atoms with van der Waals surface area (Å²) < 4.78 is 0. The molecule has 0 atom stereocenters. The number of hydrogen-bond donors (Lipinski definition) is 3. The molecule has 0 saturated carbocycles. The average Bonchev–Trinajstić information content (AvgIpc) is 3.23. The molecule has 0 aliphatic heterocycles. The molecular formula is C20H17N3O3S. The minimum Gasteiger partial charge on any atom is -0.355 e. The van der Waals surface area contributed by atoms with Crippen LogP contribution in [0.5, 0.6) is 0 Å². The first kappa shape index (κ1) is 18.3. The zero-order chi connectivity index (χ0) is 19.2. The number of benzene rings is 2. The molecule has 136 valence electrons. The number of para-hydroxylation sites is 1. The van der Waals surface area contributed by atoms with E-state index in [0.29, 0.717) is 27.4 Å². The standard InChI is InChI=1S/C20H17N3O3S/c1-21-19(25)15-8-2-3-9-16(15)23-18(24)13-6-4-7-14(12-13)22-20(26)17-10-5-11-27-17/h2-12H,1H3,(H,21,25)(H,22,26)(H,23,24). The van der Waals surface area contributed by atoms with Crippen molar-refractivity contribution >= 4 is 40.4 Å². The number of amides is 3. The zero-order valence-corrected chi connectivity index (χ0v) is 15.3. The van der Waals surface area contributed by atoms with Gasteiger partial charge in [-0.1, -0.05) is 24.3 Å².